The minimum atomic E-state index is 0.510. The van der Waals surface area contributed by atoms with Gasteiger partial charge in [0.25, 0.3) is 0 Å². The van der Waals surface area contributed by atoms with Crippen LogP contribution in [0.5, 0.6) is 0 Å². The van der Waals surface area contributed by atoms with Gasteiger partial charge in [-0.15, -0.1) is 46.4 Å². The summed E-state index contributed by atoms with van der Waals surface area (Å²) < 4.78 is 0. The Morgan fingerprint density at radius 3 is 1.11 bits per heavy atom. The minimum absolute atomic E-state index is 0.510. The summed E-state index contributed by atoms with van der Waals surface area (Å²) >= 11 is 22.6. The molecule has 0 bridgehead atoms. The molecule has 0 atom stereocenters. The number of rotatable bonds is 11. The summed E-state index contributed by atoms with van der Waals surface area (Å²) in [5.41, 5.74) is 0. The van der Waals surface area contributed by atoms with Gasteiger partial charge in [0, 0.05) is 49.7 Å². The zero-order chi connectivity index (χ0) is 13.6. The van der Waals surface area contributed by atoms with E-state index in [0.29, 0.717) is 49.7 Å². The van der Waals surface area contributed by atoms with Crippen LogP contribution in [0.25, 0.3) is 0 Å². The van der Waals surface area contributed by atoms with Crippen LogP contribution < -0.4 is 0 Å². The van der Waals surface area contributed by atoms with Gasteiger partial charge in [0.05, 0.1) is 12.4 Å². The van der Waals surface area contributed by atoms with Crippen molar-refractivity contribution in [3.05, 3.63) is 0 Å². The molecule has 0 aromatic heterocycles. The lowest BCUT2D eigenvalue weighted by molar-refractivity contribution is 0.324. The first kappa shape index (κ1) is 18.1. The van der Waals surface area contributed by atoms with Crippen molar-refractivity contribution < 1.29 is 0 Å². The molecule has 0 aromatic rings. The molecule has 0 aliphatic carbocycles. The molecular weight excluding hydrogens is 318 g/mol. The van der Waals surface area contributed by atoms with Crippen LogP contribution in [0.2, 0.25) is 0 Å². The zero-order valence-corrected chi connectivity index (χ0v) is 13.1. The molecule has 0 unspecified atom stereocenters. The average Bonchev–Trinajstić information content (AvgIpc) is 2.35. The van der Waals surface area contributed by atoms with Gasteiger partial charge in [0.15, 0.2) is 0 Å². The minimum Gasteiger partial charge on any atom is -0.295 e. The van der Waals surface area contributed by atoms with Crippen LogP contribution in [0.3, 0.4) is 0 Å². The Morgan fingerprint density at radius 2 is 0.889 bits per heavy atom. The highest BCUT2D eigenvalue weighted by Crippen LogP contribution is 1.93. The highest BCUT2D eigenvalue weighted by atomic mass is 35.5. The van der Waals surface area contributed by atoms with Crippen LogP contribution in [0.15, 0.2) is 10.2 Å². The van der Waals surface area contributed by atoms with E-state index in [1.54, 1.807) is 22.4 Å². The summed E-state index contributed by atoms with van der Waals surface area (Å²) in [6, 6.07) is 0. The van der Waals surface area contributed by atoms with E-state index in [2.05, 4.69) is 10.2 Å². The fourth-order valence-electron chi connectivity index (χ4n) is 1.09. The third-order valence-corrected chi connectivity index (χ3v) is 2.57. The second-order valence-electron chi connectivity index (χ2n) is 3.19. The third-order valence-electron chi connectivity index (χ3n) is 1.90. The number of alkyl halides is 4. The quantitative estimate of drug-likeness (QED) is 0.330. The van der Waals surface area contributed by atoms with Crippen molar-refractivity contribution in [2.45, 2.75) is 0 Å². The van der Waals surface area contributed by atoms with Crippen molar-refractivity contribution in [1.82, 2.24) is 10.0 Å². The molecule has 0 aliphatic heterocycles. The van der Waals surface area contributed by atoms with E-state index in [9.17, 15) is 0 Å². The Kier molecular flexibility index (Phi) is 13.6. The van der Waals surface area contributed by atoms with Gasteiger partial charge in [-0.05, 0) is 0 Å². The highest BCUT2D eigenvalue weighted by Gasteiger charge is 1.98. The van der Waals surface area contributed by atoms with Crippen LogP contribution >= 0.6 is 46.4 Å². The number of hydrogen-bond donors (Lipinski definition) is 0. The Labute approximate surface area is 128 Å². The first-order valence-electron chi connectivity index (χ1n) is 5.58. The summed E-state index contributed by atoms with van der Waals surface area (Å²) in [5.74, 6) is 2.04. The molecule has 0 aromatic carbocycles. The van der Waals surface area contributed by atoms with Gasteiger partial charge in [-0.3, -0.25) is 10.0 Å². The topological polar surface area (TPSA) is 31.2 Å². The summed E-state index contributed by atoms with van der Waals surface area (Å²) in [5, 5.41) is 12.0. The Hall–Kier alpha value is 0.1000. The molecule has 0 N–H and O–H groups in total. The summed E-state index contributed by atoms with van der Waals surface area (Å²) in [6.07, 6.45) is 3.21. The highest BCUT2D eigenvalue weighted by molar-refractivity contribution is 6.19. The van der Waals surface area contributed by atoms with Gasteiger partial charge < -0.3 is 0 Å². The van der Waals surface area contributed by atoms with E-state index >= 15 is 0 Å². The van der Waals surface area contributed by atoms with Crippen molar-refractivity contribution >= 4 is 58.8 Å². The fourth-order valence-corrected chi connectivity index (χ4v) is 1.87. The van der Waals surface area contributed by atoms with Gasteiger partial charge in [-0.25, -0.2) is 0 Å². The summed E-state index contributed by atoms with van der Waals surface area (Å²) in [7, 11) is 0. The van der Waals surface area contributed by atoms with Crippen molar-refractivity contribution in [3.63, 3.8) is 0 Å². The van der Waals surface area contributed by atoms with Gasteiger partial charge in [0.2, 0.25) is 0 Å². The standard InChI is InChI=1S/C10H18Cl4N4/c11-1-7-17(8-2-12)15-5-6-16-18(9-3-13)10-4-14/h5-6H,1-4,7-10H2/b15-5+,16-6+. The van der Waals surface area contributed by atoms with Crippen molar-refractivity contribution in [3.8, 4) is 0 Å². The number of hydrogen-bond acceptors (Lipinski definition) is 4. The third kappa shape index (κ3) is 10.1. The lowest BCUT2D eigenvalue weighted by atomic mass is 10.6. The Bertz CT molecular complexity index is 202. The van der Waals surface area contributed by atoms with Crippen LogP contribution in [0.1, 0.15) is 0 Å². The van der Waals surface area contributed by atoms with E-state index in [1.165, 1.54) is 0 Å². The van der Waals surface area contributed by atoms with Gasteiger partial charge in [-0.1, -0.05) is 0 Å². The molecule has 0 saturated heterocycles. The van der Waals surface area contributed by atoms with Crippen molar-refractivity contribution in [2.75, 3.05) is 49.7 Å². The normalized spacial score (nSPS) is 11.6. The summed E-state index contributed by atoms with van der Waals surface area (Å²) in [4.78, 5) is 0. The molecule has 18 heavy (non-hydrogen) atoms. The SMILES string of the molecule is ClCCN(CCCl)/N=C/C=N/N(CCCl)CCCl. The molecule has 0 rings (SSSR count). The van der Waals surface area contributed by atoms with E-state index < -0.39 is 0 Å². The Balaban J connectivity index is 4.13. The molecule has 0 amide bonds. The van der Waals surface area contributed by atoms with Gasteiger partial charge >= 0.3 is 0 Å². The lowest BCUT2D eigenvalue weighted by Gasteiger charge is -2.16. The van der Waals surface area contributed by atoms with Crippen LogP contribution in [-0.4, -0.2) is 72.1 Å². The molecule has 0 fully saturated rings. The summed E-state index contributed by atoms with van der Waals surface area (Å²) in [6.45, 7) is 2.63. The molecule has 106 valence electrons. The fraction of sp³-hybridized carbons (Fsp3) is 0.800. The van der Waals surface area contributed by atoms with E-state index in [4.69, 9.17) is 46.4 Å². The number of nitrogens with zero attached hydrogens (tertiary/aromatic N) is 4. The predicted molar refractivity (Wildman–Crippen MR) is 83.0 cm³/mol. The maximum atomic E-state index is 5.65. The number of halogens is 4. The number of hydrazone groups is 2. The van der Waals surface area contributed by atoms with E-state index in [-0.39, 0.29) is 0 Å². The second-order valence-corrected chi connectivity index (χ2v) is 4.70. The van der Waals surface area contributed by atoms with Crippen LogP contribution in [-0.2, 0) is 0 Å². The molecule has 4 nitrogen and oxygen atoms in total. The monoisotopic (exact) mass is 334 g/mol. The molecule has 0 spiro atoms. The largest absolute Gasteiger partial charge is 0.295 e. The first-order valence-corrected chi connectivity index (χ1v) is 7.72. The molecule has 8 heteroatoms. The van der Waals surface area contributed by atoms with Crippen LogP contribution in [0, 0.1) is 0 Å². The maximum absolute atomic E-state index is 5.65. The first-order chi connectivity index (χ1) is 8.78. The molecule has 0 saturated carbocycles. The smallest absolute Gasteiger partial charge is 0.0671 e. The van der Waals surface area contributed by atoms with E-state index in [0.717, 1.165) is 0 Å². The maximum Gasteiger partial charge on any atom is 0.0671 e. The molecule has 0 radical (unpaired) electrons. The molecule has 0 aliphatic rings. The predicted octanol–water partition coefficient (Wildman–Crippen LogP) is 2.52. The molecular formula is C10H18Cl4N4. The lowest BCUT2D eigenvalue weighted by Crippen LogP contribution is -2.23. The van der Waals surface area contributed by atoms with Gasteiger partial charge in [-0.2, -0.15) is 10.2 Å². The zero-order valence-electron chi connectivity index (χ0n) is 10.1. The van der Waals surface area contributed by atoms with E-state index in [1.807, 2.05) is 0 Å². The second kappa shape index (κ2) is 13.5. The van der Waals surface area contributed by atoms with Crippen molar-refractivity contribution in [2.24, 2.45) is 10.2 Å². The van der Waals surface area contributed by atoms with Gasteiger partial charge in [0.1, 0.15) is 0 Å². The van der Waals surface area contributed by atoms with Crippen LogP contribution in [0.4, 0.5) is 0 Å². The average molecular weight is 336 g/mol. The Morgan fingerprint density at radius 1 is 0.611 bits per heavy atom. The van der Waals surface area contributed by atoms with Crippen molar-refractivity contribution in [1.29, 1.82) is 0 Å². The molecule has 0 heterocycles.